The molecule has 0 spiro atoms. The molecule has 0 amide bonds. The fourth-order valence-corrected chi connectivity index (χ4v) is 4.42. The van der Waals surface area contributed by atoms with Crippen molar-refractivity contribution in [3.8, 4) is 11.8 Å². The minimum atomic E-state index is -0.234. The number of aromatic nitrogens is 1. The maximum Gasteiger partial charge on any atom is 0.310 e. The first kappa shape index (κ1) is 18.5. The highest BCUT2D eigenvalue weighted by Gasteiger charge is 2.27. The van der Waals surface area contributed by atoms with Gasteiger partial charge in [0.2, 0.25) is 0 Å². The zero-order valence-electron chi connectivity index (χ0n) is 15.5. The third kappa shape index (κ3) is 4.47. The Morgan fingerprint density at radius 2 is 2.12 bits per heavy atom. The van der Waals surface area contributed by atoms with Gasteiger partial charge in [-0.1, -0.05) is 25.8 Å². The second-order valence-corrected chi connectivity index (χ2v) is 8.11. The zero-order chi connectivity index (χ0) is 18.6. The predicted octanol–water partition coefficient (Wildman–Crippen LogP) is 4.36. The SMILES string of the molecule is CCOC(=O)Cc1ccc(C#Cc2ccc3c(c2)C(C)(C)CCS3)nc1. The number of esters is 1. The highest BCUT2D eigenvalue weighted by molar-refractivity contribution is 7.99. The van der Waals surface area contributed by atoms with Gasteiger partial charge in [-0.05, 0) is 65.8 Å². The highest BCUT2D eigenvalue weighted by atomic mass is 32.2. The van der Waals surface area contributed by atoms with Crippen LogP contribution in [0, 0.1) is 11.8 Å². The number of hydrogen-bond acceptors (Lipinski definition) is 4. The summed E-state index contributed by atoms with van der Waals surface area (Å²) in [7, 11) is 0. The van der Waals surface area contributed by atoms with Crippen LogP contribution >= 0.6 is 11.8 Å². The van der Waals surface area contributed by atoms with Gasteiger partial charge in [-0.25, -0.2) is 4.98 Å². The van der Waals surface area contributed by atoms with E-state index in [1.165, 1.54) is 22.6 Å². The molecule has 0 unspecified atom stereocenters. The van der Waals surface area contributed by atoms with Crippen LogP contribution in [0.25, 0.3) is 0 Å². The lowest BCUT2D eigenvalue weighted by Crippen LogP contribution is -2.22. The molecule has 1 aliphatic heterocycles. The average Bonchev–Trinajstić information content (AvgIpc) is 2.61. The van der Waals surface area contributed by atoms with Crippen LogP contribution < -0.4 is 0 Å². The molecule has 1 aliphatic rings. The second-order valence-electron chi connectivity index (χ2n) is 6.98. The van der Waals surface area contributed by atoms with Crippen LogP contribution in [-0.2, 0) is 21.4 Å². The number of hydrogen-bond donors (Lipinski definition) is 0. The van der Waals surface area contributed by atoms with E-state index in [9.17, 15) is 4.79 Å². The Bertz CT molecular complexity index is 860. The number of thioether (sulfide) groups is 1. The van der Waals surface area contributed by atoms with Gasteiger partial charge in [-0.3, -0.25) is 4.79 Å². The van der Waals surface area contributed by atoms with Crippen molar-refractivity contribution in [2.75, 3.05) is 12.4 Å². The van der Waals surface area contributed by atoms with E-state index in [-0.39, 0.29) is 17.8 Å². The van der Waals surface area contributed by atoms with Crippen LogP contribution in [0.15, 0.2) is 41.4 Å². The largest absolute Gasteiger partial charge is 0.466 e. The smallest absolute Gasteiger partial charge is 0.310 e. The Morgan fingerprint density at radius 3 is 2.85 bits per heavy atom. The van der Waals surface area contributed by atoms with E-state index in [0.29, 0.717) is 12.3 Å². The zero-order valence-corrected chi connectivity index (χ0v) is 16.3. The van der Waals surface area contributed by atoms with Gasteiger partial charge < -0.3 is 4.74 Å². The molecule has 0 aliphatic carbocycles. The van der Waals surface area contributed by atoms with E-state index in [1.807, 2.05) is 23.9 Å². The molecule has 0 fully saturated rings. The Hall–Kier alpha value is -2.25. The number of nitrogens with zero attached hydrogens (tertiary/aromatic N) is 1. The lowest BCUT2D eigenvalue weighted by molar-refractivity contribution is -0.142. The number of pyridine rings is 1. The fourth-order valence-electron chi connectivity index (χ4n) is 2.93. The minimum absolute atomic E-state index is 0.200. The number of rotatable bonds is 3. The first-order chi connectivity index (χ1) is 12.5. The van der Waals surface area contributed by atoms with E-state index >= 15 is 0 Å². The summed E-state index contributed by atoms with van der Waals surface area (Å²) in [5.74, 6) is 7.27. The summed E-state index contributed by atoms with van der Waals surface area (Å²) in [6.45, 7) is 6.79. The van der Waals surface area contributed by atoms with Crippen LogP contribution in [0.3, 0.4) is 0 Å². The van der Waals surface area contributed by atoms with Gasteiger partial charge in [0.25, 0.3) is 0 Å². The van der Waals surface area contributed by atoms with Crippen molar-refractivity contribution in [3.63, 3.8) is 0 Å². The van der Waals surface area contributed by atoms with Gasteiger partial charge >= 0.3 is 5.97 Å². The fraction of sp³-hybridized carbons (Fsp3) is 0.364. The average molecular weight is 365 g/mol. The van der Waals surface area contributed by atoms with E-state index in [0.717, 1.165) is 11.1 Å². The Morgan fingerprint density at radius 1 is 1.27 bits per heavy atom. The summed E-state index contributed by atoms with van der Waals surface area (Å²) in [6, 6.07) is 10.2. The lowest BCUT2D eigenvalue weighted by atomic mass is 9.81. The molecule has 0 bridgehead atoms. The van der Waals surface area contributed by atoms with Crippen molar-refractivity contribution >= 4 is 17.7 Å². The van der Waals surface area contributed by atoms with Crippen LogP contribution in [0.2, 0.25) is 0 Å². The molecule has 0 atom stereocenters. The van der Waals surface area contributed by atoms with Crippen molar-refractivity contribution < 1.29 is 9.53 Å². The van der Waals surface area contributed by atoms with Gasteiger partial charge in [-0.15, -0.1) is 11.8 Å². The molecule has 2 aromatic rings. The van der Waals surface area contributed by atoms with Gasteiger partial charge in [-0.2, -0.15) is 0 Å². The lowest BCUT2D eigenvalue weighted by Gasteiger charge is -2.32. The summed E-state index contributed by atoms with van der Waals surface area (Å²) in [6.07, 6.45) is 3.12. The molecule has 26 heavy (non-hydrogen) atoms. The van der Waals surface area contributed by atoms with Crippen molar-refractivity contribution in [2.24, 2.45) is 0 Å². The third-order valence-corrected chi connectivity index (χ3v) is 5.58. The first-order valence-corrected chi connectivity index (χ1v) is 9.86. The maximum absolute atomic E-state index is 11.5. The summed E-state index contributed by atoms with van der Waals surface area (Å²) in [5, 5.41) is 0. The Balaban J connectivity index is 1.75. The molecule has 1 aromatic heterocycles. The monoisotopic (exact) mass is 365 g/mol. The van der Waals surface area contributed by atoms with E-state index in [1.54, 1.807) is 13.1 Å². The summed E-state index contributed by atoms with van der Waals surface area (Å²) in [4.78, 5) is 17.2. The predicted molar refractivity (Wildman–Crippen MR) is 105 cm³/mol. The minimum Gasteiger partial charge on any atom is -0.466 e. The van der Waals surface area contributed by atoms with Crippen LogP contribution in [0.1, 0.15) is 49.6 Å². The van der Waals surface area contributed by atoms with Crippen molar-refractivity contribution in [1.82, 2.24) is 4.98 Å². The standard InChI is InChI=1S/C22H23NO2S/c1-4-25-21(24)14-17-6-9-18(23-15-17)8-5-16-7-10-20-19(13-16)22(2,3)11-12-26-20/h6-7,9-10,13,15H,4,11-12,14H2,1-3H3. The van der Waals surface area contributed by atoms with Crippen LogP contribution in [0.5, 0.6) is 0 Å². The number of carbonyl (C=O) groups excluding carboxylic acids is 1. The molecule has 1 aromatic carbocycles. The van der Waals surface area contributed by atoms with E-state index in [4.69, 9.17) is 4.74 Å². The van der Waals surface area contributed by atoms with Crippen molar-refractivity contribution in [2.45, 2.75) is 43.9 Å². The number of ether oxygens (including phenoxy) is 1. The molecule has 134 valence electrons. The molecular formula is C22H23NO2S. The normalized spacial score (nSPS) is 14.7. The van der Waals surface area contributed by atoms with Gasteiger partial charge in [0.1, 0.15) is 5.69 Å². The number of benzene rings is 1. The summed E-state index contributed by atoms with van der Waals surface area (Å²) < 4.78 is 4.95. The maximum atomic E-state index is 11.5. The van der Waals surface area contributed by atoms with Crippen molar-refractivity contribution in [1.29, 1.82) is 0 Å². The molecule has 3 nitrogen and oxygen atoms in total. The molecule has 0 saturated heterocycles. The molecule has 0 N–H and O–H groups in total. The van der Waals surface area contributed by atoms with Gasteiger partial charge in [0, 0.05) is 16.7 Å². The Labute approximate surface area is 159 Å². The Kier molecular flexibility index (Phi) is 5.68. The number of carbonyl (C=O) groups is 1. The molecule has 3 rings (SSSR count). The van der Waals surface area contributed by atoms with E-state index < -0.39 is 0 Å². The molecule has 0 radical (unpaired) electrons. The van der Waals surface area contributed by atoms with Crippen LogP contribution in [0.4, 0.5) is 0 Å². The summed E-state index contributed by atoms with van der Waals surface area (Å²) in [5.41, 5.74) is 4.13. The molecular weight excluding hydrogens is 342 g/mol. The van der Waals surface area contributed by atoms with Crippen LogP contribution in [-0.4, -0.2) is 23.3 Å². The van der Waals surface area contributed by atoms with Gasteiger partial charge in [0.15, 0.2) is 0 Å². The molecule has 0 saturated carbocycles. The highest BCUT2D eigenvalue weighted by Crippen LogP contribution is 2.41. The summed E-state index contributed by atoms with van der Waals surface area (Å²) >= 11 is 1.93. The number of fused-ring (bicyclic) bond motifs is 1. The quantitative estimate of drug-likeness (QED) is 0.598. The second kappa shape index (κ2) is 7.97. The first-order valence-electron chi connectivity index (χ1n) is 8.88. The van der Waals surface area contributed by atoms with E-state index in [2.05, 4.69) is 48.9 Å². The molecule has 2 heterocycles. The topological polar surface area (TPSA) is 39.2 Å². The van der Waals surface area contributed by atoms with Crippen molar-refractivity contribution in [3.05, 3.63) is 58.9 Å². The third-order valence-electron chi connectivity index (χ3n) is 4.51. The molecule has 4 heteroatoms. The van der Waals surface area contributed by atoms with Gasteiger partial charge in [0.05, 0.1) is 13.0 Å².